The van der Waals surface area contributed by atoms with Gasteiger partial charge in [0, 0.05) is 19.6 Å². The minimum absolute atomic E-state index is 0.174. The summed E-state index contributed by atoms with van der Waals surface area (Å²) in [4.78, 5) is 12.0. The molecule has 11 heteroatoms. The Bertz CT molecular complexity index is 717. The summed E-state index contributed by atoms with van der Waals surface area (Å²) in [5.74, 6) is -1.47. The van der Waals surface area contributed by atoms with E-state index in [2.05, 4.69) is 0 Å². The first-order chi connectivity index (χ1) is 11.6. The lowest BCUT2D eigenvalue weighted by Gasteiger charge is -2.29. The van der Waals surface area contributed by atoms with Gasteiger partial charge in [0.05, 0.1) is 23.7 Å². The van der Waals surface area contributed by atoms with Crippen molar-refractivity contribution in [1.29, 1.82) is 0 Å². The molecule has 0 spiro atoms. The van der Waals surface area contributed by atoms with Gasteiger partial charge in [0.2, 0.25) is 10.0 Å². The second-order valence-electron chi connectivity index (χ2n) is 5.42. The Labute approximate surface area is 142 Å². The van der Waals surface area contributed by atoms with Crippen molar-refractivity contribution in [3.05, 3.63) is 29.8 Å². The SMILES string of the molecule is O=C(O)C(CN1CCOCC1)NS(=O)(=O)c1ccccc1C(F)(F)F. The highest BCUT2D eigenvalue weighted by molar-refractivity contribution is 7.89. The van der Waals surface area contributed by atoms with E-state index in [1.807, 2.05) is 4.72 Å². The molecule has 1 fully saturated rings. The molecule has 25 heavy (non-hydrogen) atoms. The van der Waals surface area contributed by atoms with Gasteiger partial charge in [-0.15, -0.1) is 0 Å². The third-order valence-electron chi connectivity index (χ3n) is 3.62. The van der Waals surface area contributed by atoms with E-state index in [-0.39, 0.29) is 6.54 Å². The largest absolute Gasteiger partial charge is 0.480 e. The number of carboxylic acid groups (broad SMARTS) is 1. The second kappa shape index (κ2) is 7.68. The van der Waals surface area contributed by atoms with Crippen molar-refractivity contribution < 1.29 is 36.2 Å². The molecule has 0 aliphatic carbocycles. The molecule has 1 aromatic carbocycles. The summed E-state index contributed by atoms with van der Waals surface area (Å²) in [5, 5.41) is 9.24. The number of ether oxygens (including phenoxy) is 1. The number of morpholine rings is 1. The molecule has 7 nitrogen and oxygen atoms in total. The molecule has 2 N–H and O–H groups in total. The molecule has 0 aromatic heterocycles. The first-order valence-electron chi connectivity index (χ1n) is 7.33. The molecule has 0 bridgehead atoms. The van der Waals surface area contributed by atoms with Gasteiger partial charge in [-0.05, 0) is 12.1 Å². The van der Waals surface area contributed by atoms with Crippen molar-refractivity contribution in [3.8, 4) is 0 Å². The monoisotopic (exact) mass is 382 g/mol. The molecule has 1 aliphatic heterocycles. The van der Waals surface area contributed by atoms with Gasteiger partial charge in [-0.25, -0.2) is 8.42 Å². The molecular weight excluding hydrogens is 365 g/mol. The first-order valence-corrected chi connectivity index (χ1v) is 8.81. The molecule has 0 radical (unpaired) electrons. The molecule has 0 amide bonds. The number of rotatable bonds is 6. The maximum absolute atomic E-state index is 13.0. The van der Waals surface area contributed by atoms with E-state index in [9.17, 15) is 31.5 Å². The molecule has 1 aliphatic rings. The molecule has 1 unspecified atom stereocenters. The zero-order valence-corrected chi connectivity index (χ0v) is 13.8. The van der Waals surface area contributed by atoms with Crippen molar-refractivity contribution in [2.24, 2.45) is 0 Å². The van der Waals surface area contributed by atoms with Crippen molar-refractivity contribution in [3.63, 3.8) is 0 Å². The van der Waals surface area contributed by atoms with Gasteiger partial charge in [0.1, 0.15) is 6.04 Å². The predicted octanol–water partition coefficient (Wildman–Crippen LogP) is 0.769. The van der Waals surface area contributed by atoms with Gasteiger partial charge in [0.15, 0.2) is 0 Å². The Kier molecular flexibility index (Phi) is 6.03. The Morgan fingerprint density at radius 3 is 2.44 bits per heavy atom. The third-order valence-corrected chi connectivity index (χ3v) is 5.15. The van der Waals surface area contributed by atoms with Gasteiger partial charge in [-0.1, -0.05) is 12.1 Å². The van der Waals surface area contributed by atoms with Crippen LogP contribution in [-0.4, -0.2) is 63.3 Å². The number of halogens is 3. The summed E-state index contributed by atoms with van der Waals surface area (Å²) in [6, 6.07) is 2.04. The van der Waals surface area contributed by atoms with E-state index in [0.717, 1.165) is 18.2 Å². The van der Waals surface area contributed by atoms with Gasteiger partial charge in [0.25, 0.3) is 0 Å². The lowest BCUT2D eigenvalue weighted by atomic mass is 10.2. The summed E-state index contributed by atoms with van der Waals surface area (Å²) in [5.41, 5.74) is -1.35. The number of aliphatic carboxylic acids is 1. The van der Waals surface area contributed by atoms with Crippen molar-refractivity contribution in [1.82, 2.24) is 9.62 Å². The number of benzene rings is 1. The van der Waals surface area contributed by atoms with E-state index in [4.69, 9.17) is 4.74 Å². The fraction of sp³-hybridized carbons (Fsp3) is 0.500. The van der Waals surface area contributed by atoms with E-state index in [0.29, 0.717) is 32.4 Å². The van der Waals surface area contributed by atoms with E-state index in [1.54, 1.807) is 4.90 Å². The van der Waals surface area contributed by atoms with Gasteiger partial charge in [-0.2, -0.15) is 17.9 Å². The number of nitrogens with zero attached hydrogens (tertiary/aromatic N) is 1. The maximum Gasteiger partial charge on any atom is 0.417 e. The van der Waals surface area contributed by atoms with Gasteiger partial charge >= 0.3 is 12.1 Å². The van der Waals surface area contributed by atoms with E-state index < -0.39 is 38.7 Å². The van der Waals surface area contributed by atoms with Gasteiger partial charge < -0.3 is 9.84 Å². The van der Waals surface area contributed by atoms with Crippen LogP contribution in [0.2, 0.25) is 0 Å². The smallest absolute Gasteiger partial charge is 0.417 e. The minimum atomic E-state index is -4.88. The van der Waals surface area contributed by atoms with Crippen LogP contribution in [-0.2, 0) is 25.7 Å². The average Bonchev–Trinajstić information content (AvgIpc) is 2.54. The van der Waals surface area contributed by atoms with Gasteiger partial charge in [-0.3, -0.25) is 9.69 Å². The highest BCUT2D eigenvalue weighted by atomic mass is 32.2. The van der Waals surface area contributed by atoms with E-state index >= 15 is 0 Å². The zero-order valence-electron chi connectivity index (χ0n) is 13.0. The topological polar surface area (TPSA) is 95.9 Å². The standard InChI is InChI=1S/C14H17F3N2O5S/c15-14(16,17)10-3-1-2-4-12(10)25(22,23)18-11(13(20)21)9-19-5-7-24-8-6-19/h1-4,11,18H,5-9H2,(H,20,21). The number of nitrogens with one attached hydrogen (secondary N) is 1. The van der Waals surface area contributed by atoms with Crippen molar-refractivity contribution in [2.75, 3.05) is 32.8 Å². The fourth-order valence-corrected chi connectivity index (χ4v) is 3.80. The lowest BCUT2D eigenvalue weighted by Crippen LogP contribution is -2.51. The molecule has 0 saturated carbocycles. The Morgan fingerprint density at radius 2 is 1.88 bits per heavy atom. The number of carboxylic acids is 1. The molecule has 140 valence electrons. The normalized spacial score (nSPS) is 18.0. The van der Waals surface area contributed by atoms with Crippen LogP contribution in [0.1, 0.15) is 5.56 Å². The molecule has 2 rings (SSSR count). The summed E-state index contributed by atoms with van der Waals surface area (Å²) in [6.07, 6.45) is -4.88. The molecule has 1 atom stereocenters. The average molecular weight is 382 g/mol. The number of alkyl halides is 3. The summed E-state index contributed by atoms with van der Waals surface area (Å²) in [7, 11) is -4.68. The van der Waals surface area contributed by atoms with Crippen LogP contribution in [0, 0.1) is 0 Å². The molecule has 1 aromatic rings. The summed E-state index contributed by atoms with van der Waals surface area (Å²) >= 11 is 0. The van der Waals surface area contributed by atoms with Crippen molar-refractivity contribution in [2.45, 2.75) is 17.1 Å². The number of hydrogen-bond acceptors (Lipinski definition) is 5. The highest BCUT2D eigenvalue weighted by Gasteiger charge is 2.38. The Balaban J connectivity index is 2.25. The van der Waals surface area contributed by atoms with Crippen LogP contribution in [0.15, 0.2) is 29.2 Å². The van der Waals surface area contributed by atoms with Crippen LogP contribution in [0.25, 0.3) is 0 Å². The molecular formula is C14H17F3N2O5S. The van der Waals surface area contributed by atoms with Crippen LogP contribution < -0.4 is 4.72 Å². The van der Waals surface area contributed by atoms with Crippen LogP contribution in [0.4, 0.5) is 13.2 Å². The lowest BCUT2D eigenvalue weighted by molar-refractivity contribution is -0.140. The molecule has 1 saturated heterocycles. The maximum atomic E-state index is 13.0. The molecule has 1 heterocycles. The van der Waals surface area contributed by atoms with Crippen molar-refractivity contribution >= 4 is 16.0 Å². The quantitative estimate of drug-likeness (QED) is 0.755. The number of hydrogen-bond donors (Lipinski definition) is 2. The Morgan fingerprint density at radius 1 is 1.28 bits per heavy atom. The van der Waals surface area contributed by atoms with E-state index in [1.165, 1.54) is 0 Å². The highest BCUT2D eigenvalue weighted by Crippen LogP contribution is 2.33. The predicted molar refractivity (Wildman–Crippen MR) is 80.4 cm³/mol. The summed E-state index contributed by atoms with van der Waals surface area (Å²) in [6.45, 7) is 1.38. The summed E-state index contributed by atoms with van der Waals surface area (Å²) < 4.78 is 70.7. The van der Waals surface area contributed by atoms with Crippen LogP contribution in [0.3, 0.4) is 0 Å². The number of sulfonamides is 1. The van der Waals surface area contributed by atoms with Crippen LogP contribution >= 0.6 is 0 Å². The fourth-order valence-electron chi connectivity index (χ4n) is 2.39. The zero-order chi connectivity index (χ0) is 18.7. The van der Waals surface area contributed by atoms with Crippen LogP contribution in [0.5, 0.6) is 0 Å². The Hall–Kier alpha value is -1.69. The minimum Gasteiger partial charge on any atom is -0.480 e. The first kappa shape index (κ1) is 19.6. The second-order valence-corrected chi connectivity index (χ2v) is 7.10. The third kappa shape index (κ3) is 5.14. The number of carbonyl (C=O) groups is 1.